The zero-order valence-electron chi connectivity index (χ0n) is 20.3. The zero-order chi connectivity index (χ0) is 26.3. The van der Waals surface area contributed by atoms with E-state index in [0.29, 0.717) is 5.75 Å². The van der Waals surface area contributed by atoms with Crippen LogP contribution >= 0.6 is 19.6 Å². The van der Waals surface area contributed by atoms with Crippen molar-refractivity contribution in [2.45, 2.75) is 51.6 Å². The van der Waals surface area contributed by atoms with Crippen molar-refractivity contribution in [3.8, 4) is 0 Å². The van der Waals surface area contributed by atoms with Crippen LogP contribution in [0.2, 0.25) is 0 Å². The molecule has 0 saturated carbocycles. The van der Waals surface area contributed by atoms with Gasteiger partial charge in [-0.3, -0.25) is 32.7 Å². The molecule has 2 aromatic heterocycles. The molecule has 2 fully saturated rings. The second kappa shape index (κ2) is 10.4. The molecule has 0 spiro atoms. The number of aromatic nitrogens is 4. The molecule has 4 heterocycles. The largest absolute Gasteiger partial charge is 0.475 e. The number of fused-ring (bicyclic) bond motifs is 2. The van der Waals surface area contributed by atoms with Crippen molar-refractivity contribution in [2.75, 3.05) is 31.3 Å². The van der Waals surface area contributed by atoms with Crippen LogP contribution < -0.4 is 11.3 Å². The van der Waals surface area contributed by atoms with Crippen LogP contribution in [0.15, 0.2) is 11.1 Å². The highest BCUT2D eigenvalue weighted by molar-refractivity contribution is 7.99. The fourth-order valence-corrected chi connectivity index (χ4v) is 6.44. The number of rotatable bonds is 9. The third-order valence-corrected chi connectivity index (χ3v) is 8.77. The molecule has 2 aliphatic heterocycles. The first-order valence-electron chi connectivity index (χ1n) is 11.3. The molecule has 0 radical (unpaired) electrons. The monoisotopic (exact) mass is 547 g/mol. The van der Waals surface area contributed by atoms with E-state index in [1.54, 1.807) is 18.4 Å². The van der Waals surface area contributed by atoms with Gasteiger partial charge in [0, 0.05) is 24.0 Å². The first-order chi connectivity index (χ1) is 16.9. The molecular formula is C20H30N5O9PS. The molecule has 2 aromatic rings. The van der Waals surface area contributed by atoms with Crippen molar-refractivity contribution in [3.63, 3.8) is 0 Å². The van der Waals surface area contributed by atoms with E-state index < -0.39 is 48.6 Å². The Labute approximate surface area is 210 Å². The van der Waals surface area contributed by atoms with Crippen LogP contribution in [0.4, 0.5) is 5.95 Å². The molecule has 200 valence electrons. The number of imidazole rings is 1. The summed E-state index contributed by atoms with van der Waals surface area (Å²) in [6.07, 6.45) is -0.301. The molecule has 4 rings (SSSR count). The van der Waals surface area contributed by atoms with Gasteiger partial charge in [-0.05, 0) is 0 Å². The van der Waals surface area contributed by atoms with E-state index in [-0.39, 0.29) is 42.9 Å². The Morgan fingerprint density at radius 1 is 1.50 bits per heavy atom. The summed E-state index contributed by atoms with van der Waals surface area (Å²) in [4.78, 5) is 33.8. The average molecular weight is 548 g/mol. The van der Waals surface area contributed by atoms with Crippen molar-refractivity contribution in [1.82, 2.24) is 19.5 Å². The number of esters is 1. The second-order valence-corrected chi connectivity index (χ2v) is 12.1. The fourth-order valence-electron chi connectivity index (χ4n) is 3.93. The molecule has 2 saturated heterocycles. The maximum Gasteiger partial charge on any atom is 0.475 e. The van der Waals surface area contributed by atoms with E-state index in [2.05, 4.69) is 15.0 Å². The minimum Gasteiger partial charge on any atom is -0.465 e. The number of carbonyl (C=O) groups is 1. The van der Waals surface area contributed by atoms with Crippen LogP contribution in [0, 0.1) is 11.3 Å². The number of ether oxygens (including phenoxy) is 2. The van der Waals surface area contributed by atoms with E-state index in [9.17, 15) is 19.3 Å². The molecule has 1 unspecified atom stereocenters. The maximum absolute atomic E-state index is 13.1. The Kier molecular flexibility index (Phi) is 7.81. The lowest BCUT2D eigenvalue weighted by Gasteiger charge is -2.32. The number of nitrogen functional groups attached to an aromatic ring is 1. The summed E-state index contributed by atoms with van der Waals surface area (Å²) in [5, 5.41) is 10.4. The minimum atomic E-state index is -3.87. The Morgan fingerprint density at radius 3 is 2.97 bits per heavy atom. The number of phosphoric ester groups is 1. The Hall–Kier alpha value is -2.00. The van der Waals surface area contributed by atoms with Crippen LogP contribution in [0.25, 0.3) is 11.2 Å². The van der Waals surface area contributed by atoms with Gasteiger partial charge in [-0.15, -0.1) is 11.8 Å². The number of hydrogen-bond donors (Lipinski definition) is 3. The normalized spacial score (nSPS) is 29.2. The van der Waals surface area contributed by atoms with E-state index in [1.807, 2.05) is 6.92 Å². The second-order valence-electron chi connectivity index (χ2n) is 9.34. The van der Waals surface area contributed by atoms with Gasteiger partial charge in [0.05, 0.1) is 26.1 Å². The number of carbonyl (C=O) groups excluding carboxylic acids is 1. The van der Waals surface area contributed by atoms with Gasteiger partial charge >= 0.3 is 13.8 Å². The molecule has 6 atom stereocenters. The maximum atomic E-state index is 13.1. The predicted molar refractivity (Wildman–Crippen MR) is 129 cm³/mol. The zero-order valence-corrected chi connectivity index (χ0v) is 22.0. The van der Waals surface area contributed by atoms with Gasteiger partial charge in [-0.25, -0.2) is 9.55 Å². The number of aliphatic hydroxyl groups excluding tert-OH is 1. The standard InChI is InChI=1S/C20H30N5O9PS/c1-10-14-12(33-17(10)25-9-22-13-15(25)23-19(21)24-16(13)27)7-32-35(29,34-14)31-5-6-36-18(28)20(3,4)8-30-11(2)26/h9-10,12,14,17-18,28H,5-8H2,1-4H3,(H3,21,23,24,27)/t10-,12+,14-,17+,18?,35-/m0/s1. The summed E-state index contributed by atoms with van der Waals surface area (Å²) in [7, 11) is -3.87. The van der Waals surface area contributed by atoms with E-state index >= 15 is 0 Å². The first kappa shape index (κ1) is 27.0. The number of hydrogen-bond acceptors (Lipinski definition) is 13. The van der Waals surface area contributed by atoms with E-state index in [1.165, 1.54) is 25.0 Å². The number of nitrogens with one attached hydrogen (secondary N) is 1. The van der Waals surface area contributed by atoms with Crippen molar-refractivity contribution in [1.29, 1.82) is 0 Å². The van der Waals surface area contributed by atoms with Crippen molar-refractivity contribution < 1.29 is 37.5 Å². The van der Waals surface area contributed by atoms with E-state index in [4.69, 9.17) is 28.8 Å². The Bertz CT molecular complexity index is 1220. The minimum absolute atomic E-state index is 0.00314. The SMILES string of the molecule is CC(=O)OCC(C)(C)C(O)SCCO[P@@]1(=O)OC[C@H]2O[C@@H](n3cnc4c(=O)[nH]c(N)nc43)[C@@H](C)[C@@H]2O1. The van der Waals surface area contributed by atoms with E-state index in [0.717, 1.165) is 0 Å². The Balaban J connectivity index is 1.34. The summed E-state index contributed by atoms with van der Waals surface area (Å²) in [6, 6.07) is 0. The molecule has 16 heteroatoms. The average Bonchev–Trinajstić information content (AvgIpc) is 3.36. The van der Waals surface area contributed by atoms with Gasteiger partial charge in [-0.1, -0.05) is 20.8 Å². The van der Waals surface area contributed by atoms with Gasteiger partial charge in [0.15, 0.2) is 11.2 Å². The summed E-state index contributed by atoms with van der Waals surface area (Å²) < 4.78 is 42.4. The lowest BCUT2D eigenvalue weighted by molar-refractivity contribution is -0.145. The van der Waals surface area contributed by atoms with Crippen LogP contribution in [0.1, 0.15) is 33.9 Å². The summed E-state index contributed by atoms with van der Waals surface area (Å²) >= 11 is 1.17. The molecule has 2 aliphatic rings. The van der Waals surface area contributed by atoms with Gasteiger partial charge in [-0.2, -0.15) is 4.98 Å². The van der Waals surface area contributed by atoms with Crippen LogP contribution in [-0.2, 0) is 32.4 Å². The number of nitrogens with two attached hydrogens (primary N) is 1. The van der Waals surface area contributed by atoms with Crippen molar-refractivity contribution in [2.24, 2.45) is 11.3 Å². The topological polar surface area (TPSA) is 190 Å². The number of phosphoric acid groups is 1. The van der Waals surface area contributed by atoms with Gasteiger partial charge in [0.2, 0.25) is 5.95 Å². The van der Waals surface area contributed by atoms with Gasteiger partial charge in [0.25, 0.3) is 5.56 Å². The molecular weight excluding hydrogens is 517 g/mol. The number of nitrogens with zero attached hydrogens (tertiary/aromatic N) is 3. The van der Waals surface area contributed by atoms with Crippen LogP contribution in [-0.4, -0.2) is 73.8 Å². The molecule has 0 aliphatic carbocycles. The predicted octanol–water partition coefficient (Wildman–Crippen LogP) is 1.42. The highest BCUT2D eigenvalue weighted by Gasteiger charge is 2.52. The Morgan fingerprint density at radius 2 is 2.25 bits per heavy atom. The number of aromatic amines is 1. The number of anilines is 1. The molecule has 36 heavy (non-hydrogen) atoms. The van der Waals surface area contributed by atoms with Crippen molar-refractivity contribution >= 4 is 42.7 Å². The number of H-pyrrole nitrogens is 1. The van der Waals surface area contributed by atoms with Crippen LogP contribution in [0.5, 0.6) is 0 Å². The molecule has 0 aromatic carbocycles. The summed E-state index contributed by atoms with van der Waals surface area (Å²) in [5.41, 5.74) is 4.08. The smallest absolute Gasteiger partial charge is 0.465 e. The van der Waals surface area contributed by atoms with Gasteiger partial charge < -0.3 is 20.3 Å². The molecule has 0 amide bonds. The van der Waals surface area contributed by atoms with Crippen molar-refractivity contribution in [3.05, 3.63) is 16.7 Å². The third kappa shape index (κ3) is 5.62. The molecule has 0 bridgehead atoms. The third-order valence-electron chi connectivity index (χ3n) is 5.95. The number of aliphatic hydroxyl groups is 1. The lowest BCUT2D eigenvalue weighted by atomic mass is 9.96. The number of thioether (sulfide) groups is 1. The quantitative estimate of drug-likeness (QED) is 0.177. The lowest BCUT2D eigenvalue weighted by Crippen LogP contribution is -2.36. The van der Waals surface area contributed by atoms with Crippen LogP contribution in [0.3, 0.4) is 0 Å². The molecule has 4 N–H and O–H groups in total. The highest BCUT2D eigenvalue weighted by Crippen LogP contribution is 2.58. The fraction of sp³-hybridized carbons (Fsp3) is 0.700. The molecule has 14 nitrogen and oxygen atoms in total. The van der Waals surface area contributed by atoms with Gasteiger partial charge in [0.1, 0.15) is 23.9 Å². The highest BCUT2D eigenvalue weighted by atomic mass is 32.2. The summed E-state index contributed by atoms with van der Waals surface area (Å²) in [5.74, 6) is -0.483. The summed E-state index contributed by atoms with van der Waals surface area (Å²) in [6.45, 7) is 6.74. The first-order valence-corrected chi connectivity index (χ1v) is 13.8.